The Morgan fingerprint density at radius 3 is 1.41 bits per heavy atom. The lowest BCUT2D eigenvalue weighted by molar-refractivity contribution is 0.226. The average molecular weight is 383 g/mol. The Morgan fingerprint density at radius 1 is 0.889 bits per heavy atom. The number of rotatable bonds is 8. The second kappa shape index (κ2) is 32.9. The van der Waals surface area contributed by atoms with Crippen molar-refractivity contribution in [1.29, 1.82) is 0 Å². The third-order valence-corrected chi connectivity index (χ3v) is 4.98. The molecule has 0 unspecified atom stereocenters. The lowest BCUT2D eigenvalue weighted by Gasteiger charge is -2.29. The molecule has 0 rings (SSSR count). The Hall–Kier alpha value is -0.780. The molecule has 0 aromatic carbocycles. The lowest BCUT2D eigenvalue weighted by Crippen LogP contribution is -2.16. The van der Waals surface area contributed by atoms with E-state index >= 15 is 0 Å². The molecule has 0 heteroatoms. The van der Waals surface area contributed by atoms with Crippen LogP contribution < -0.4 is 0 Å². The normalized spacial score (nSPS) is 10.5. The molecule has 0 aliphatic rings. The quantitative estimate of drug-likeness (QED) is 0.289. The summed E-state index contributed by atoms with van der Waals surface area (Å²) in [6.45, 7) is 32.2. The molecule has 0 saturated heterocycles. The minimum Gasteiger partial charge on any atom is -0.106 e. The summed E-state index contributed by atoms with van der Waals surface area (Å²) in [6.07, 6.45) is 15.5. The van der Waals surface area contributed by atoms with Gasteiger partial charge in [0.25, 0.3) is 0 Å². The fourth-order valence-corrected chi connectivity index (χ4v) is 2.19. The second-order valence-electron chi connectivity index (χ2n) is 7.01. The van der Waals surface area contributed by atoms with Crippen LogP contribution in [0.4, 0.5) is 0 Å². The molecule has 0 aliphatic heterocycles. The van der Waals surface area contributed by atoms with Crippen LogP contribution >= 0.6 is 0 Å². The van der Waals surface area contributed by atoms with E-state index in [0.29, 0.717) is 5.41 Å². The third kappa shape index (κ3) is 33.3. The minimum atomic E-state index is 0.675. The van der Waals surface area contributed by atoms with E-state index in [1.165, 1.54) is 44.1 Å². The highest BCUT2D eigenvalue weighted by atomic mass is 14.3. The van der Waals surface area contributed by atoms with Crippen molar-refractivity contribution in [2.75, 3.05) is 0 Å². The fraction of sp³-hybridized carbons (Fsp3) is 0.778. The molecule has 0 bridgehead atoms. The molecule has 0 spiro atoms. The Morgan fingerprint density at radius 2 is 1.26 bits per heavy atom. The average Bonchev–Trinajstić information content (AvgIpc) is 2.74. The Bertz CT molecular complexity index is 268. The van der Waals surface area contributed by atoms with Gasteiger partial charge in [0.2, 0.25) is 0 Å². The molecular weight excluding hydrogens is 324 g/mol. The first-order valence-electron chi connectivity index (χ1n) is 11.6. The van der Waals surface area contributed by atoms with Gasteiger partial charge in [-0.2, -0.15) is 0 Å². The van der Waals surface area contributed by atoms with Crippen LogP contribution in [0.3, 0.4) is 0 Å². The molecule has 166 valence electrons. The lowest BCUT2D eigenvalue weighted by atomic mass is 9.76. The van der Waals surface area contributed by atoms with Crippen LogP contribution in [0.1, 0.15) is 128 Å². The predicted octanol–water partition coefficient (Wildman–Crippen LogP) is 10.8. The number of hydrogen-bond donors (Lipinski definition) is 0. The highest BCUT2D eigenvalue weighted by molar-refractivity contribution is 5.08. The largest absolute Gasteiger partial charge is 0.106 e. The van der Waals surface area contributed by atoms with E-state index < -0.39 is 0 Å². The van der Waals surface area contributed by atoms with Crippen LogP contribution in [-0.2, 0) is 0 Å². The van der Waals surface area contributed by atoms with Gasteiger partial charge < -0.3 is 0 Å². The maximum atomic E-state index is 3.00. The van der Waals surface area contributed by atoms with Gasteiger partial charge in [-0.25, -0.2) is 0 Å². The Kier molecular flexibility index (Phi) is 45.1. The zero-order valence-electron chi connectivity index (χ0n) is 21.7. The summed E-state index contributed by atoms with van der Waals surface area (Å²) in [4.78, 5) is 0. The highest BCUT2D eigenvalue weighted by Gasteiger charge is 2.21. The zero-order valence-corrected chi connectivity index (χ0v) is 21.7. The van der Waals surface area contributed by atoms with E-state index in [-0.39, 0.29) is 0 Å². The predicted molar refractivity (Wildman–Crippen MR) is 135 cm³/mol. The Labute approximate surface area is 176 Å². The summed E-state index contributed by atoms with van der Waals surface area (Å²) in [6, 6.07) is 0. The van der Waals surface area contributed by atoms with Crippen LogP contribution in [0.25, 0.3) is 0 Å². The zero-order chi connectivity index (χ0) is 22.7. The molecule has 0 N–H and O–H groups in total. The van der Waals surface area contributed by atoms with E-state index in [1.54, 1.807) is 0 Å². The van der Waals surface area contributed by atoms with Crippen molar-refractivity contribution in [3.63, 3.8) is 0 Å². The van der Waals surface area contributed by atoms with E-state index in [9.17, 15) is 0 Å². The fourth-order valence-electron chi connectivity index (χ4n) is 2.19. The van der Waals surface area contributed by atoms with Crippen LogP contribution in [0, 0.1) is 11.3 Å². The maximum Gasteiger partial charge on any atom is -0.0305 e. The minimum absolute atomic E-state index is 0.675. The van der Waals surface area contributed by atoms with Crippen molar-refractivity contribution in [3.05, 3.63) is 37.0 Å². The van der Waals surface area contributed by atoms with Crippen LogP contribution in [-0.4, -0.2) is 0 Å². The highest BCUT2D eigenvalue weighted by Crippen LogP contribution is 2.35. The first-order valence-corrected chi connectivity index (χ1v) is 11.6. The molecule has 0 heterocycles. The van der Waals surface area contributed by atoms with E-state index in [2.05, 4.69) is 87.6 Å². The topological polar surface area (TPSA) is 0 Å². The number of hydrogen-bond acceptors (Lipinski definition) is 0. The summed E-state index contributed by atoms with van der Waals surface area (Å²) in [5, 5.41) is 0. The van der Waals surface area contributed by atoms with Crippen LogP contribution in [0.15, 0.2) is 37.0 Å². The van der Waals surface area contributed by atoms with Gasteiger partial charge in [0.1, 0.15) is 0 Å². The molecule has 0 amide bonds. The van der Waals surface area contributed by atoms with Gasteiger partial charge in [-0.1, -0.05) is 125 Å². The maximum absolute atomic E-state index is 3.00. The van der Waals surface area contributed by atoms with E-state index in [4.69, 9.17) is 0 Å². The molecule has 0 fully saturated rings. The van der Waals surface area contributed by atoms with Gasteiger partial charge in [0, 0.05) is 0 Å². The molecule has 0 nitrogen and oxygen atoms in total. The second-order valence-corrected chi connectivity index (χ2v) is 7.01. The smallest absolute Gasteiger partial charge is 0.0305 e. The van der Waals surface area contributed by atoms with Crippen molar-refractivity contribution in [2.24, 2.45) is 11.3 Å². The van der Waals surface area contributed by atoms with Gasteiger partial charge in [-0.15, -0.1) is 13.2 Å². The summed E-state index contributed by atoms with van der Waals surface area (Å²) in [5.74, 6) is 0.884. The van der Waals surface area contributed by atoms with Crippen LogP contribution in [0.5, 0.6) is 0 Å². The summed E-state index contributed by atoms with van der Waals surface area (Å²) >= 11 is 0. The van der Waals surface area contributed by atoms with E-state index in [1.807, 2.05) is 26.8 Å². The van der Waals surface area contributed by atoms with Crippen molar-refractivity contribution in [2.45, 2.75) is 128 Å². The molecular formula is C27H58. The van der Waals surface area contributed by atoms with Gasteiger partial charge in [0.05, 0.1) is 0 Å². The van der Waals surface area contributed by atoms with Crippen molar-refractivity contribution >= 4 is 0 Å². The molecule has 27 heavy (non-hydrogen) atoms. The molecule has 0 aromatic rings. The first-order chi connectivity index (χ1) is 12.8. The molecule has 0 radical (unpaired) electrons. The molecule has 0 aliphatic carbocycles. The van der Waals surface area contributed by atoms with Crippen molar-refractivity contribution in [1.82, 2.24) is 0 Å². The van der Waals surface area contributed by atoms with Crippen molar-refractivity contribution < 1.29 is 0 Å². The third-order valence-electron chi connectivity index (χ3n) is 4.98. The van der Waals surface area contributed by atoms with Gasteiger partial charge >= 0.3 is 0 Å². The number of allylic oxidation sites excluding steroid dienone is 4. The van der Waals surface area contributed by atoms with Gasteiger partial charge in [-0.3, -0.25) is 0 Å². The molecule has 0 saturated carbocycles. The molecule has 0 atom stereocenters. The monoisotopic (exact) mass is 382 g/mol. The van der Waals surface area contributed by atoms with Crippen molar-refractivity contribution in [3.8, 4) is 0 Å². The van der Waals surface area contributed by atoms with Gasteiger partial charge in [0.15, 0.2) is 0 Å². The van der Waals surface area contributed by atoms with Gasteiger partial charge in [-0.05, 0) is 38.0 Å². The Balaban J connectivity index is -0.0000000850. The standard InChI is InChI=1S/C10H22.C8H14.C5H12.C2H6.C2H4/c1-5-9-10(6-2,7-3)8-4;1-4-6-7-8(3)5-2;1-4-5(2)3;2*1-2/h5-9H2,1-4H3;4,6-7H,5H2,1-3H3;5H,4H2,1-3H3;1-2H3;1-2H2/b;6-4-,8-7-;;;. The summed E-state index contributed by atoms with van der Waals surface area (Å²) < 4.78 is 0. The summed E-state index contributed by atoms with van der Waals surface area (Å²) in [7, 11) is 0. The molecule has 0 aromatic heterocycles. The SMILES string of the molecule is C/C=C\C=C(\C)CC.C=C.CC.CCC(C)C.CCCC(CC)(CC)CC. The first kappa shape index (κ1) is 37.0. The van der Waals surface area contributed by atoms with E-state index in [0.717, 1.165) is 12.3 Å². The summed E-state index contributed by atoms with van der Waals surface area (Å²) in [5.41, 5.74) is 2.11. The van der Waals surface area contributed by atoms with Crippen LogP contribution in [0.2, 0.25) is 0 Å².